The number of hydrogen-bond acceptors (Lipinski definition) is 3. The molecule has 84 valence electrons. The minimum absolute atomic E-state index is 0.189. The maximum absolute atomic E-state index is 11.6. The van der Waals surface area contributed by atoms with Gasteiger partial charge in [-0.2, -0.15) is 0 Å². The van der Waals surface area contributed by atoms with Gasteiger partial charge in [0.2, 0.25) is 10.0 Å². The molecule has 0 aliphatic carbocycles. The zero-order valence-electron chi connectivity index (χ0n) is 8.90. The van der Waals surface area contributed by atoms with E-state index in [1.807, 2.05) is 6.92 Å². The second-order valence-corrected chi connectivity index (χ2v) is 5.84. The Kier molecular flexibility index (Phi) is 4.34. The van der Waals surface area contributed by atoms with E-state index in [1.165, 1.54) is 0 Å². The fraction of sp³-hybridized carbons (Fsp3) is 1.00. The molecular weight excluding hydrogens is 202 g/mol. The summed E-state index contributed by atoms with van der Waals surface area (Å²) in [6.07, 6.45) is 0.982. The Hall–Kier alpha value is -0.130. The summed E-state index contributed by atoms with van der Waals surface area (Å²) in [5, 5.41) is 0. The molecule has 0 radical (unpaired) electrons. The summed E-state index contributed by atoms with van der Waals surface area (Å²) in [6, 6.07) is 0. The monoisotopic (exact) mass is 221 g/mol. The first-order chi connectivity index (χ1) is 6.60. The van der Waals surface area contributed by atoms with E-state index in [0.29, 0.717) is 25.6 Å². The van der Waals surface area contributed by atoms with E-state index in [1.54, 1.807) is 11.2 Å². The molecule has 1 atom stereocenters. The molecule has 0 aromatic rings. The van der Waals surface area contributed by atoms with Crippen LogP contribution in [0.3, 0.4) is 0 Å². The van der Waals surface area contributed by atoms with Crippen LogP contribution < -0.4 is 0 Å². The predicted molar refractivity (Wildman–Crippen MR) is 55.6 cm³/mol. The van der Waals surface area contributed by atoms with Crippen molar-refractivity contribution in [2.45, 2.75) is 20.3 Å². The van der Waals surface area contributed by atoms with Crippen LogP contribution in [0, 0.1) is 5.92 Å². The van der Waals surface area contributed by atoms with Crippen molar-refractivity contribution in [1.82, 2.24) is 4.31 Å². The highest BCUT2D eigenvalue weighted by Gasteiger charge is 2.24. The summed E-state index contributed by atoms with van der Waals surface area (Å²) in [6.45, 7) is 6.22. The lowest BCUT2D eigenvalue weighted by molar-refractivity contribution is 0.181. The van der Waals surface area contributed by atoms with Gasteiger partial charge in [-0.15, -0.1) is 0 Å². The van der Waals surface area contributed by atoms with Crippen LogP contribution >= 0.6 is 0 Å². The molecule has 1 fully saturated rings. The SMILES string of the molecule is CCN(CC1CCOC1)S(=O)(=O)CC. The lowest BCUT2D eigenvalue weighted by Gasteiger charge is -2.22. The summed E-state index contributed by atoms with van der Waals surface area (Å²) in [4.78, 5) is 0. The Morgan fingerprint density at radius 2 is 2.14 bits per heavy atom. The van der Waals surface area contributed by atoms with Gasteiger partial charge in [0.1, 0.15) is 0 Å². The van der Waals surface area contributed by atoms with Crippen LogP contribution in [-0.4, -0.2) is 44.8 Å². The third-order valence-corrected chi connectivity index (χ3v) is 4.52. The first-order valence-corrected chi connectivity index (χ1v) is 6.76. The zero-order valence-corrected chi connectivity index (χ0v) is 9.72. The van der Waals surface area contributed by atoms with Crippen LogP contribution in [-0.2, 0) is 14.8 Å². The zero-order chi connectivity index (χ0) is 10.6. The minimum atomic E-state index is -3.02. The number of hydrogen-bond donors (Lipinski definition) is 0. The molecule has 1 heterocycles. The molecule has 0 amide bonds. The largest absolute Gasteiger partial charge is 0.381 e. The lowest BCUT2D eigenvalue weighted by Crippen LogP contribution is -2.36. The number of sulfonamides is 1. The molecule has 5 heteroatoms. The second kappa shape index (κ2) is 5.09. The molecule has 14 heavy (non-hydrogen) atoms. The van der Waals surface area contributed by atoms with Crippen molar-refractivity contribution in [2.24, 2.45) is 5.92 Å². The van der Waals surface area contributed by atoms with Gasteiger partial charge >= 0.3 is 0 Å². The van der Waals surface area contributed by atoms with E-state index in [0.717, 1.165) is 13.0 Å². The van der Waals surface area contributed by atoms with Crippen LogP contribution in [0.2, 0.25) is 0 Å². The highest BCUT2D eigenvalue weighted by atomic mass is 32.2. The molecule has 1 aliphatic rings. The van der Waals surface area contributed by atoms with Crippen molar-refractivity contribution in [3.8, 4) is 0 Å². The molecule has 4 nitrogen and oxygen atoms in total. The summed E-state index contributed by atoms with van der Waals surface area (Å²) >= 11 is 0. The summed E-state index contributed by atoms with van der Waals surface area (Å²) in [5.74, 6) is 0.574. The van der Waals surface area contributed by atoms with Crippen LogP contribution in [0.15, 0.2) is 0 Å². The van der Waals surface area contributed by atoms with Gasteiger partial charge in [-0.25, -0.2) is 12.7 Å². The summed E-state index contributed by atoms with van der Waals surface area (Å²) in [7, 11) is -3.02. The molecule has 1 aliphatic heterocycles. The molecule has 1 rings (SSSR count). The lowest BCUT2D eigenvalue weighted by atomic mass is 10.1. The van der Waals surface area contributed by atoms with Crippen molar-refractivity contribution in [2.75, 3.05) is 32.1 Å². The third kappa shape index (κ3) is 2.93. The van der Waals surface area contributed by atoms with Crippen molar-refractivity contribution in [3.05, 3.63) is 0 Å². The summed E-state index contributed by atoms with van der Waals surface area (Å²) < 4.78 is 30.0. The highest BCUT2D eigenvalue weighted by Crippen LogP contribution is 2.15. The van der Waals surface area contributed by atoms with E-state index < -0.39 is 10.0 Å². The second-order valence-electron chi connectivity index (χ2n) is 3.58. The first kappa shape index (κ1) is 11.9. The Morgan fingerprint density at radius 1 is 1.43 bits per heavy atom. The number of nitrogens with zero attached hydrogens (tertiary/aromatic N) is 1. The van der Waals surface area contributed by atoms with Crippen molar-refractivity contribution in [1.29, 1.82) is 0 Å². The predicted octanol–water partition coefficient (Wildman–Crippen LogP) is 0.694. The average Bonchev–Trinajstić information content (AvgIpc) is 2.66. The van der Waals surface area contributed by atoms with Crippen LogP contribution in [0.5, 0.6) is 0 Å². The Bertz CT molecular complexity index is 257. The minimum Gasteiger partial charge on any atom is -0.381 e. The number of ether oxygens (including phenoxy) is 1. The Labute approximate surface area is 86.3 Å². The Balaban J connectivity index is 2.54. The molecule has 1 unspecified atom stereocenters. The van der Waals surface area contributed by atoms with E-state index >= 15 is 0 Å². The van der Waals surface area contributed by atoms with Gasteiger partial charge in [-0.05, 0) is 19.3 Å². The van der Waals surface area contributed by atoms with E-state index in [4.69, 9.17) is 4.74 Å². The normalized spacial score (nSPS) is 23.2. The molecule has 0 aromatic carbocycles. The van der Waals surface area contributed by atoms with E-state index in [2.05, 4.69) is 0 Å². The maximum atomic E-state index is 11.6. The van der Waals surface area contributed by atoms with E-state index in [9.17, 15) is 8.42 Å². The standard InChI is InChI=1S/C9H19NO3S/c1-3-10(14(11,12)4-2)7-9-5-6-13-8-9/h9H,3-8H2,1-2H3. The molecular formula is C9H19NO3S. The Morgan fingerprint density at radius 3 is 2.57 bits per heavy atom. The topological polar surface area (TPSA) is 46.6 Å². The fourth-order valence-electron chi connectivity index (χ4n) is 1.64. The van der Waals surface area contributed by atoms with Gasteiger partial charge < -0.3 is 4.74 Å². The number of rotatable bonds is 5. The van der Waals surface area contributed by atoms with Crippen molar-refractivity contribution >= 4 is 10.0 Å². The van der Waals surface area contributed by atoms with Gasteiger partial charge in [0.15, 0.2) is 0 Å². The maximum Gasteiger partial charge on any atom is 0.213 e. The van der Waals surface area contributed by atoms with Gasteiger partial charge in [-0.1, -0.05) is 6.92 Å². The van der Waals surface area contributed by atoms with Crippen LogP contribution in [0.4, 0.5) is 0 Å². The quantitative estimate of drug-likeness (QED) is 0.686. The van der Waals surface area contributed by atoms with Crippen molar-refractivity contribution in [3.63, 3.8) is 0 Å². The average molecular weight is 221 g/mol. The molecule has 0 bridgehead atoms. The third-order valence-electron chi connectivity index (χ3n) is 2.60. The van der Waals surface area contributed by atoms with Gasteiger partial charge in [0.05, 0.1) is 12.4 Å². The smallest absolute Gasteiger partial charge is 0.213 e. The molecule has 0 spiro atoms. The van der Waals surface area contributed by atoms with Crippen LogP contribution in [0.25, 0.3) is 0 Å². The first-order valence-electron chi connectivity index (χ1n) is 5.15. The van der Waals surface area contributed by atoms with E-state index in [-0.39, 0.29) is 5.75 Å². The molecule has 0 N–H and O–H groups in total. The fourth-order valence-corrected chi connectivity index (χ4v) is 2.83. The molecule has 1 saturated heterocycles. The summed E-state index contributed by atoms with van der Waals surface area (Å²) in [5.41, 5.74) is 0. The van der Waals surface area contributed by atoms with Gasteiger partial charge in [-0.3, -0.25) is 0 Å². The van der Waals surface area contributed by atoms with Crippen LogP contribution in [0.1, 0.15) is 20.3 Å². The molecule has 0 saturated carbocycles. The van der Waals surface area contributed by atoms with Gasteiger partial charge in [0, 0.05) is 19.7 Å². The molecule has 0 aromatic heterocycles. The van der Waals surface area contributed by atoms with Crippen molar-refractivity contribution < 1.29 is 13.2 Å². The van der Waals surface area contributed by atoms with Gasteiger partial charge in [0.25, 0.3) is 0 Å². The highest BCUT2D eigenvalue weighted by molar-refractivity contribution is 7.89.